The van der Waals surface area contributed by atoms with Crippen molar-refractivity contribution in [3.8, 4) is 5.75 Å². The molecule has 1 N–H and O–H groups in total. The van der Waals surface area contributed by atoms with Gasteiger partial charge in [-0.2, -0.15) is 0 Å². The highest BCUT2D eigenvalue weighted by molar-refractivity contribution is 5.97. The van der Waals surface area contributed by atoms with Gasteiger partial charge in [0.05, 0.1) is 25.2 Å². The number of methoxy groups -OCH3 is 1. The van der Waals surface area contributed by atoms with E-state index in [1.807, 2.05) is 53.2 Å². The number of nitrogens with one attached hydrogen (secondary N) is 1. The lowest BCUT2D eigenvalue weighted by Gasteiger charge is -2.26. The fourth-order valence-electron chi connectivity index (χ4n) is 4.32. The Balaban J connectivity index is 1.35. The third-order valence-electron chi connectivity index (χ3n) is 5.92. The van der Waals surface area contributed by atoms with Gasteiger partial charge in [-0.15, -0.1) is 5.10 Å². The molecule has 1 aliphatic carbocycles. The molecule has 0 bridgehead atoms. The lowest BCUT2D eigenvalue weighted by molar-refractivity contribution is 0.0933. The number of hydrogen-bond donors (Lipinski definition) is 1. The number of benzene rings is 3. The molecule has 1 atom stereocenters. The molecule has 0 spiro atoms. The van der Waals surface area contributed by atoms with Crippen LogP contribution in [-0.2, 0) is 13.0 Å². The van der Waals surface area contributed by atoms with E-state index >= 15 is 0 Å². The Labute approximate surface area is 180 Å². The van der Waals surface area contributed by atoms with Gasteiger partial charge >= 0.3 is 0 Å². The highest BCUT2D eigenvalue weighted by Gasteiger charge is 2.22. The Morgan fingerprint density at radius 1 is 1.13 bits per heavy atom. The number of aryl methyl sites for hydroxylation is 1. The molecule has 0 saturated carbocycles. The summed E-state index contributed by atoms with van der Waals surface area (Å²) in [7, 11) is 1.66. The fraction of sp³-hybridized carbons (Fsp3) is 0.240. The van der Waals surface area contributed by atoms with Gasteiger partial charge in [0.15, 0.2) is 0 Å². The molecule has 0 saturated heterocycles. The number of rotatable bonds is 5. The minimum Gasteiger partial charge on any atom is -0.497 e. The molecule has 1 amide bonds. The topological polar surface area (TPSA) is 69.0 Å². The third kappa shape index (κ3) is 3.89. The molecule has 5 rings (SSSR count). The van der Waals surface area contributed by atoms with Crippen LogP contribution in [0.25, 0.3) is 11.0 Å². The summed E-state index contributed by atoms with van der Waals surface area (Å²) in [6.45, 7) is 0.581. The van der Waals surface area contributed by atoms with Crippen molar-refractivity contribution in [2.24, 2.45) is 0 Å². The summed E-state index contributed by atoms with van der Waals surface area (Å²) < 4.78 is 7.13. The number of ether oxygens (including phenoxy) is 1. The minimum atomic E-state index is -0.0778. The Morgan fingerprint density at radius 3 is 2.94 bits per heavy atom. The molecule has 0 aliphatic heterocycles. The van der Waals surface area contributed by atoms with Crippen molar-refractivity contribution in [3.05, 3.63) is 89.0 Å². The smallest absolute Gasteiger partial charge is 0.251 e. The number of nitrogens with zero attached hydrogens (tertiary/aromatic N) is 3. The van der Waals surface area contributed by atoms with Gasteiger partial charge in [-0.05, 0) is 66.3 Å². The molecular formula is C25H24N4O2. The van der Waals surface area contributed by atoms with E-state index in [0.717, 1.165) is 36.1 Å². The summed E-state index contributed by atoms with van der Waals surface area (Å²) in [6.07, 6.45) is 3.12. The van der Waals surface area contributed by atoms with Gasteiger partial charge in [0.1, 0.15) is 11.3 Å². The molecule has 1 heterocycles. The summed E-state index contributed by atoms with van der Waals surface area (Å²) in [5, 5.41) is 11.8. The van der Waals surface area contributed by atoms with E-state index in [-0.39, 0.29) is 11.9 Å². The highest BCUT2D eigenvalue weighted by Crippen LogP contribution is 2.29. The van der Waals surface area contributed by atoms with Gasteiger partial charge in [0, 0.05) is 5.56 Å². The molecule has 31 heavy (non-hydrogen) atoms. The molecule has 0 fully saturated rings. The fourth-order valence-corrected chi connectivity index (χ4v) is 4.32. The number of fused-ring (bicyclic) bond motifs is 2. The summed E-state index contributed by atoms with van der Waals surface area (Å²) in [6, 6.07) is 21.9. The van der Waals surface area contributed by atoms with Gasteiger partial charge in [0.25, 0.3) is 5.91 Å². The van der Waals surface area contributed by atoms with Gasteiger partial charge in [0.2, 0.25) is 0 Å². The molecule has 156 valence electrons. The second-order valence-corrected chi connectivity index (χ2v) is 7.92. The molecule has 0 unspecified atom stereocenters. The second kappa shape index (κ2) is 8.22. The molecule has 3 aromatic carbocycles. The first-order valence-corrected chi connectivity index (χ1v) is 10.6. The van der Waals surface area contributed by atoms with Crippen LogP contribution < -0.4 is 10.1 Å². The first-order chi connectivity index (χ1) is 15.2. The normalized spacial score (nSPS) is 15.5. The minimum absolute atomic E-state index is 0.0527. The molecule has 6 heteroatoms. The van der Waals surface area contributed by atoms with E-state index in [1.54, 1.807) is 7.11 Å². The van der Waals surface area contributed by atoms with Gasteiger partial charge in [-0.1, -0.05) is 41.6 Å². The quantitative estimate of drug-likeness (QED) is 0.531. The SMILES string of the molecule is COc1cccc(Cn2nnc3cc(C(=O)N[C@@H]4CCCc5ccccc54)ccc32)c1. The Bertz CT molecular complexity index is 1250. The van der Waals surface area contributed by atoms with Crippen molar-refractivity contribution in [1.82, 2.24) is 20.3 Å². The van der Waals surface area contributed by atoms with Gasteiger partial charge in [-0.25, -0.2) is 4.68 Å². The maximum atomic E-state index is 13.0. The number of carbonyl (C=O) groups is 1. The highest BCUT2D eigenvalue weighted by atomic mass is 16.5. The van der Waals surface area contributed by atoms with Crippen LogP contribution in [0.2, 0.25) is 0 Å². The van der Waals surface area contributed by atoms with Crippen molar-refractivity contribution in [3.63, 3.8) is 0 Å². The first-order valence-electron chi connectivity index (χ1n) is 10.6. The summed E-state index contributed by atoms with van der Waals surface area (Å²) in [5.41, 5.74) is 5.83. The molecule has 1 aliphatic rings. The molecule has 6 nitrogen and oxygen atoms in total. The zero-order valence-electron chi connectivity index (χ0n) is 17.4. The molecule has 4 aromatic rings. The number of carbonyl (C=O) groups excluding carboxylic acids is 1. The Morgan fingerprint density at radius 2 is 2.03 bits per heavy atom. The first kappa shape index (κ1) is 19.3. The monoisotopic (exact) mass is 412 g/mol. The second-order valence-electron chi connectivity index (χ2n) is 7.92. The van der Waals surface area contributed by atoms with Crippen LogP contribution in [0.5, 0.6) is 5.75 Å². The third-order valence-corrected chi connectivity index (χ3v) is 5.92. The van der Waals surface area contributed by atoms with E-state index in [1.165, 1.54) is 11.1 Å². The average molecular weight is 412 g/mol. The maximum Gasteiger partial charge on any atom is 0.251 e. The average Bonchev–Trinajstić information content (AvgIpc) is 3.21. The van der Waals surface area contributed by atoms with Crippen LogP contribution in [-0.4, -0.2) is 28.0 Å². The van der Waals surface area contributed by atoms with Crippen molar-refractivity contribution < 1.29 is 9.53 Å². The predicted molar refractivity (Wildman–Crippen MR) is 119 cm³/mol. The van der Waals surface area contributed by atoms with E-state index < -0.39 is 0 Å². The van der Waals surface area contributed by atoms with Crippen molar-refractivity contribution in [1.29, 1.82) is 0 Å². The lowest BCUT2D eigenvalue weighted by atomic mass is 9.87. The summed E-state index contributed by atoms with van der Waals surface area (Å²) >= 11 is 0. The molecule has 0 radical (unpaired) electrons. The van der Waals surface area contributed by atoms with E-state index in [4.69, 9.17) is 4.74 Å². The summed E-state index contributed by atoms with van der Waals surface area (Å²) in [5.74, 6) is 0.733. The van der Waals surface area contributed by atoms with Crippen LogP contribution in [0.4, 0.5) is 0 Å². The van der Waals surface area contributed by atoms with E-state index in [0.29, 0.717) is 17.6 Å². The van der Waals surface area contributed by atoms with Crippen LogP contribution >= 0.6 is 0 Å². The van der Waals surface area contributed by atoms with Crippen LogP contribution in [0.15, 0.2) is 66.7 Å². The van der Waals surface area contributed by atoms with E-state index in [2.05, 4.69) is 33.8 Å². The maximum absolute atomic E-state index is 13.0. The predicted octanol–water partition coefficient (Wildman–Crippen LogP) is 4.30. The summed E-state index contributed by atoms with van der Waals surface area (Å²) in [4.78, 5) is 13.0. The number of amides is 1. The van der Waals surface area contributed by atoms with Crippen LogP contribution in [0.1, 0.15) is 45.9 Å². The Kier molecular flexibility index (Phi) is 5.12. The largest absolute Gasteiger partial charge is 0.497 e. The van der Waals surface area contributed by atoms with Crippen molar-refractivity contribution in [2.75, 3.05) is 7.11 Å². The zero-order valence-corrected chi connectivity index (χ0v) is 17.4. The Hall–Kier alpha value is -3.67. The van der Waals surface area contributed by atoms with Crippen molar-refractivity contribution in [2.45, 2.75) is 31.8 Å². The van der Waals surface area contributed by atoms with Gasteiger partial charge < -0.3 is 10.1 Å². The number of hydrogen-bond acceptors (Lipinski definition) is 4. The van der Waals surface area contributed by atoms with E-state index in [9.17, 15) is 4.79 Å². The molecule has 1 aromatic heterocycles. The van der Waals surface area contributed by atoms with Crippen LogP contribution in [0.3, 0.4) is 0 Å². The van der Waals surface area contributed by atoms with Gasteiger partial charge in [-0.3, -0.25) is 4.79 Å². The van der Waals surface area contributed by atoms with Crippen LogP contribution in [0, 0.1) is 0 Å². The van der Waals surface area contributed by atoms with Crippen molar-refractivity contribution >= 4 is 16.9 Å². The zero-order chi connectivity index (χ0) is 21.2. The number of aromatic nitrogens is 3. The standard InChI is InChI=1S/C25H24N4O2/c1-31-20-9-4-6-17(14-20)16-29-24-13-12-19(15-23(24)27-28-29)25(30)26-22-11-5-8-18-7-2-3-10-21(18)22/h2-4,6-7,9-10,12-15,22H,5,8,11,16H2,1H3,(H,26,30)/t22-/m1/s1. The molecular weight excluding hydrogens is 388 g/mol. The lowest BCUT2D eigenvalue weighted by Crippen LogP contribution is -2.30.